The minimum absolute atomic E-state index is 0.765. The average molecular weight is 155 g/mol. The molecule has 54 valence electrons. The summed E-state index contributed by atoms with van der Waals surface area (Å²) in [6.45, 7) is 0.890. The van der Waals surface area contributed by atoms with Gasteiger partial charge in [0.1, 0.15) is 0 Å². The highest BCUT2D eigenvalue weighted by Crippen LogP contribution is 2.18. The van der Waals surface area contributed by atoms with Gasteiger partial charge in [-0.05, 0) is 12.8 Å². The molecule has 0 bridgehead atoms. The third-order valence-corrected chi connectivity index (χ3v) is 2.07. The molecule has 1 aromatic rings. The van der Waals surface area contributed by atoms with E-state index in [0.717, 1.165) is 18.3 Å². The van der Waals surface area contributed by atoms with Gasteiger partial charge in [-0.3, -0.25) is 0 Å². The van der Waals surface area contributed by atoms with Crippen molar-refractivity contribution in [1.82, 2.24) is 14.1 Å². The Morgan fingerprint density at radius 2 is 2.60 bits per heavy atom. The van der Waals surface area contributed by atoms with E-state index in [0.29, 0.717) is 0 Å². The van der Waals surface area contributed by atoms with Crippen LogP contribution in [0.4, 0.5) is 0 Å². The van der Waals surface area contributed by atoms with Crippen LogP contribution in [-0.4, -0.2) is 14.8 Å². The Morgan fingerprint density at radius 3 is 3.20 bits per heavy atom. The highest BCUT2D eigenvalue weighted by Gasteiger charge is 2.20. The quantitative estimate of drug-likeness (QED) is 0.701. The van der Waals surface area contributed by atoms with E-state index in [1.807, 2.05) is 6.20 Å². The van der Waals surface area contributed by atoms with E-state index in [4.69, 9.17) is 0 Å². The molecule has 1 heterocycles. The molecule has 0 unspecified atom stereocenters. The maximum absolute atomic E-state index is 4.08. The summed E-state index contributed by atoms with van der Waals surface area (Å²) in [6.07, 6.45) is 4.48. The second-order valence-corrected chi connectivity index (χ2v) is 3.11. The van der Waals surface area contributed by atoms with Crippen LogP contribution in [0.5, 0.6) is 0 Å². The van der Waals surface area contributed by atoms with E-state index in [-0.39, 0.29) is 0 Å². The summed E-state index contributed by atoms with van der Waals surface area (Å²) >= 11 is 1.27. The zero-order valence-electron chi connectivity index (χ0n) is 5.58. The van der Waals surface area contributed by atoms with Crippen LogP contribution in [0.2, 0.25) is 0 Å². The van der Waals surface area contributed by atoms with E-state index in [1.54, 1.807) is 0 Å². The smallest absolute Gasteiger partial charge is 0.0880 e. The fourth-order valence-electron chi connectivity index (χ4n) is 0.798. The van der Waals surface area contributed by atoms with Crippen LogP contribution in [-0.2, 0) is 6.54 Å². The molecule has 1 saturated carbocycles. The summed E-state index contributed by atoms with van der Waals surface area (Å²) < 4.78 is 8.00. The number of hydrogen-bond acceptors (Lipinski definition) is 4. The van der Waals surface area contributed by atoms with Crippen LogP contribution >= 0.6 is 11.7 Å². The highest BCUT2D eigenvalue weighted by atomic mass is 32.1. The number of nitrogens with zero attached hydrogens (tertiary/aromatic N) is 2. The molecule has 0 aromatic carbocycles. The molecule has 1 aromatic heterocycles. The van der Waals surface area contributed by atoms with Crippen LogP contribution in [0.1, 0.15) is 18.5 Å². The summed E-state index contributed by atoms with van der Waals surface area (Å²) in [7, 11) is 0. The van der Waals surface area contributed by atoms with Gasteiger partial charge in [-0.15, -0.1) is 0 Å². The van der Waals surface area contributed by atoms with Crippen molar-refractivity contribution in [3.05, 3.63) is 11.9 Å². The highest BCUT2D eigenvalue weighted by molar-refractivity contribution is 6.99. The van der Waals surface area contributed by atoms with Gasteiger partial charge in [-0.25, -0.2) is 0 Å². The lowest BCUT2D eigenvalue weighted by Crippen LogP contribution is -2.15. The molecule has 0 aliphatic heterocycles. The predicted molar refractivity (Wildman–Crippen MR) is 39.8 cm³/mol. The minimum atomic E-state index is 0.765. The standard InChI is InChI=1S/C6H9N3S/c1-2-5(1)7-3-6-4-8-10-9-6/h4-5,7H,1-3H2. The maximum Gasteiger partial charge on any atom is 0.0880 e. The zero-order chi connectivity index (χ0) is 6.81. The van der Waals surface area contributed by atoms with Crippen LogP contribution in [0, 0.1) is 0 Å². The molecule has 0 radical (unpaired) electrons. The molecule has 1 fully saturated rings. The fourth-order valence-corrected chi connectivity index (χ4v) is 1.23. The van der Waals surface area contributed by atoms with Crippen LogP contribution in [0.3, 0.4) is 0 Å². The van der Waals surface area contributed by atoms with Gasteiger partial charge in [0.15, 0.2) is 0 Å². The lowest BCUT2D eigenvalue weighted by Gasteiger charge is -1.95. The predicted octanol–water partition coefficient (Wildman–Crippen LogP) is 0.790. The largest absolute Gasteiger partial charge is 0.308 e. The maximum atomic E-state index is 4.08. The molecule has 1 N–H and O–H groups in total. The van der Waals surface area contributed by atoms with Crippen molar-refractivity contribution in [2.24, 2.45) is 0 Å². The first-order valence-corrected chi connectivity index (χ1v) is 4.18. The Balaban J connectivity index is 1.79. The first-order valence-electron chi connectivity index (χ1n) is 3.45. The molecule has 4 heteroatoms. The molecule has 2 rings (SSSR count). The second-order valence-electron chi connectivity index (χ2n) is 2.55. The summed E-state index contributed by atoms with van der Waals surface area (Å²) in [4.78, 5) is 0. The molecule has 0 spiro atoms. The molecule has 0 amide bonds. The molecule has 0 saturated heterocycles. The van der Waals surface area contributed by atoms with Crippen molar-refractivity contribution in [2.45, 2.75) is 25.4 Å². The summed E-state index contributed by atoms with van der Waals surface area (Å²) in [5, 5.41) is 3.36. The third kappa shape index (κ3) is 1.52. The first kappa shape index (κ1) is 6.24. The van der Waals surface area contributed by atoms with Crippen molar-refractivity contribution >= 4 is 11.7 Å². The van der Waals surface area contributed by atoms with E-state index < -0.39 is 0 Å². The number of hydrogen-bond donors (Lipinski definition) is 1. The topological polar surface area (TPSA) is 37.8 Å². The summed E-state index contributed by atoms with van der Waals surface area (Å²) in [5.41, 5.74) is 1.07. The average Bonchev–Trinajstić information content (AvgIpc) is 2.63. The van der Waals surface area contributed by atoms with Crippen molar-refractivity contribution in [3.8, 4) is 0 Å². The molecular weight excluding hydrogens is 146 g/mol. The fraction of sp³-hybridized carbons (Fsp3) is 0.667. The Labute approximate surface area is 63.8 Å². The molecule has 0 atom stereocenters. The Hall–Kier alpha value is -0.480. The normalized spacial score (nSPS) is 17.6. The minimum Gasteiger partial charge on any atom is -0.308 e. The Bertz CT molecular complexity index is 193. The van der Waals surface area contributed by atoms with E-state index in [1.165, 1.54) is 24.6 Å². The summed E-state index contributed by atoms with van der Waals surface area (Å²) in [5.74, 6) is 0. The van der Waals surface area contributed by atoms with Crippen LogP contribution in [0.15, 0.2) is 6.20 Å². The van der Waals surface area contributed by atoms with Crippen molar-refractivity contribution in [3.63, 3.8) is 0 Å². The zero-order valence-corrected chi connectivity index (χ0v) is 6.40. The lowest BCUT2D eigenvalue weighted by atomic mass is 10.4. The number of aromatic nitrogens is 2. The van der Waals surface area contributed by atoms with E-state index in [9.17, 15) is 0 Å². The van der Waals surface area contributed by atoms with Crippen molar-refractivity contribution < 1.29 is 0 Å². The van der Waals surface area contributed by atoms with Crippen molar-refractivity contribution in [2.75, 3.05) is 0 Å². The van der Waals surface area contributed by atoms with Gasteiger partial charge in [0, 0.05) is 12.6 Å². The van der Waals surface area contributed by atoms with Gasteiger partial charge < -0.3 is 5.32 Å². The second kappa shape index (κ2) is 2.64. The molecule has 1 aliphatic carbocycles. The van der Waals surface area contributed by atoms with Gasteiger partial charge in [-0.2, -0.15) is 8.75 Å². The Morgan fingerprint density at radius 1 is 1.70 bits per heavy atom. The van der Waals surface area contributed by atoms with E-state index >= 15 is 0 Å². The molecule has 1 aliphatic rings. The van der Waals surface area contributed by atoms with Gasteiger partial charge >= 0.3 is 0 Å². The van der Waals surface area contributed by atoms with Gasteiger partial charge in [-0.1, -0.05) is 0 Å². The molecule has 10 heavy (non-hydrogen) atoms. The van der Waals surface area contributed by atoms with Gasteiger partial charge in [0.2, 0.25) is 0 Å². The summed E-state index contributed by atoms with van der Waals surface area (Å²) in [6, 6.07) is 0.765. The SMILES string of the molecule is c1nsnc1CNC1CC1. The molecular formula is C6H9N3S. The van der Waals surface area contributed by atoms with Gasteiger partial charge in [0.25, 0.3) is 0 Å². The van der Waals surface area contributed by atoms with Crippen LogP contribution in [0.25, 0.3) is 0 Å². The van der Waals surface area contributed by atoms with Crippen LogP contribution < -0.4 is 5.32 Å². The lowest BCUT2D eigenvalue weighted by molar-refractivity contribution is 0.678. The Kier molecular flexibility index (Phi) is 1.65. The van der Waals surface area contributed by atoms with Crippen molar-refractivity contribution in [1.29, 1.82) is 0 Å². The molecule has 3 nitrogen and oxygen atoms in total. The first-order chi connectivity index (χ1) is 4.95. The third-order valence-electron chi connectivity index (χ3n) is 1.56. The van der Waals surface area contributed by atoms with Gasteiger partial charge in [0.05, 0.1) is 23.6 Å². The van der Waals surface area contributed by atoms with E-state index in [2.05, 4.69) is 14.1 Å². The number of nitrogens with one attached hydrogen (secondary N) is 1. The number of rotatable bonds is 3. The monoisotopic (exact) mass is 155 g/mol.